The predicted molar refractivity (Wildman–Crippen MR) is 131 cm³/mol. The Morgan fingerprint density at radius 1 is 1.00 bits per heavy atom. The summed E-state index contributed by atoms with van der Waals surface area (Å²) < 4.78 is 5.41. The molecule has 6 nitrogen and oxygen atoms in total. The van der Waals surface area contributed by atoms with Crippen molar-refractivity contribution in [3.63, 3.8) is 0 Å². The highest BCUT2D eigenvalue weighted by Crippen LogP contribution is 2.35. The van der Waals surface area contributed by atoms with E-state index < -0.39 is 11.9 Å². The SMILES string of the molecule is CN(C)c1ccc([C@H](C(=O)NC2CCCC2)N(C(=O)c2ccco2)c2ccccc2Cl)cc1. The maximum atomic E-state index is 13.7. The van der Waals surface area contributed by atoms with Crippen molar-refractivity contribution in [3.8, 4) is 0 Å². The van der Waals surface area contributed by atoms with Crippen LogP contribution in [0.25, 0.3) is 0 Å². The zero-order chi connectivity index (χ0) is 23.4. The number of nitrogens with one attached hydrogen (secondary N) is 1. The standard InChI is InChI=1S/C26H28ClN3O3/c1-29(2)20-15-13-18(14-16-20)24(25(31)28-19-8-3-4-9-19)30(22-11-6-5-10-21(22)27)26(32)23-12-7-17-33-23/h5-7,10-17,19,24H,3-4,8-9H2,1-2H3,(H,28,31)/t24-/m1/s1. The van der Waals surface area contributed by atoms with Crippen LogP contribution in [0.1, 0.15) is 47.8 Å². The molecular weight excluding hydrogens is 438 g/mol. The van der Waals surface area contributed by atoms with Crippen molar-refractivity contribution in [2.24, 2.45) is 0 Å². The van der Waals surface area contributed by atoms with Gasteiger partial charge in [0.15, 0.2) is 5.76 Å². The predicted octanol–water partition coefficient (Wildman–Crippen LogP) is 5.45. The van der Waals surface area contributed by atoms with Crippen LogP contribution in [0.5, 0.6) is 0 Å². The van der Waals surface area contributed by atoms with Gasteiger partial charge in [-0.2, -0.15) is 0 Å². The summed E-state index contributed by atoms with van der Waals surface area (Å²) in [5.74, 6) is -0.533. The number of hydrogen-bond acceptors (Lipinski definition) is 4. The lowest BCUT2D eigenvalue weighted by atomic mass is 10.0. The first-order chi connectivity index (χ1) is 16.0. The van der Waals surface area contributed by atoms with Crippen molar-refractivity contribution < 1.29 is 14.0 Å². The zero-order valence-electron chi connectivity index (χ0n) is 18.8. The number of anilines is 2. The molecule has 0 spiro atoms. The molecule has 1 aromatic heterocycles. The Morgan fingerprint density at radius 2 is 1.70 bits per heavy atom. The number of furan rings is 1. The topological polar surface area (TPSA) is 65.8 Å². The van der Waals surface area contributed by atoms with Crippen LogP contribution < -0.4 is 15.1 Å². The lowest BCUT2D eigenvalue weighted by molar-refractivity contribution is -0.123. The summed E-state index contributed by atoms with van der Waals surface area (Å²) in [4.78, 5) is 30.8. The number of carbonyl (C=O) groups excluding carboxylic acids is 2. The van der Waals surface area contributed by atoms with Gasteiger partial charge in [0.2, 0.25) is 5.91 Å². The Balaban J connectivity index is 1.82. The van der Waals surface area contributed by atoms with E-state index in [2.05, 4.69) is 5.32 Å². The summed E-state index contributed by atoms with van der Waals surface area (Å²) in [6.45, 7) is 0. The molecule has 1 aliphatic carbocycles. The van der Waals surface area contributed by atoms with Crippen LogP contribution in [0, 0.1) is 0 Å². The number of carbonyl (C=O) groups is 2. The molecule has 1 fully saturated rings. The molecule has 0 aliphatic heterocycles. The fourth-order valence-corrected chi connectivity index (χ4v) is 4.48. The third-order valence-electron chi connectivity index (χ3n) is 6.00. The van der Waals surface area contributed by atoms with E-state index in [0.29, 0.717) is 16.3 Å². The fourth-order valence-electron chi connectivity index (χ4n) is 4.25. The molecule has 0 saturated heterocycles. The zero-order valence-corrected chi connectivity index (χ0v) is 19.6. The van der Waals surface area contributed by atoms with Crippen molar-refractivity contribution in [1.82, 2.24) is 5.32 Å². The minimum Gasteiger partial charge on any atom is -0.459 e. The van der Waals surface area contributed by atoms with E-state index in [1.54, 1.807) is 36.4 Å². The summed E-state index contributed by atoms with van der Waals surface area (Å²) in [5, 5.41) is 3.54. The first kappa shape index (κ1) is 22.9. The van der Waals surface area contributed by atoms with E-state index in [1.165, 1.54) is 11.2 Å². The van der Waals surface area contributed by atoms with Gasteiger partial charge >= 0.3 is 0 Å². The second-order valence-corrected chi connectivity index (χ2v) is 8.89. The number of nitrogens with zero attached hydrogens (tertiary/aromatic N) is 2. The molecule has 3 aromatic rings. The molecule has 1 N–H and O–H groups in total. The van der Waals surface area contributed by atoms with Gasteiger partial charge in [-0.05, 0) is 54.8 Å². The number of para-hydroxylation sites is 1. The van der Waals surface area contributed by atoms with Crippen molar-refractivity contribution in [2.45, 2.75) is 37.8 Å². The van der Waals surface area contributed by atoms with Gasteiger partial charge in [-0.15, -0.1) is 0 Å². The van der Waals surface area contributed by atoms with Crippen LogP contribution in [0.15, 0.2) is 71.3 Å². The van der Waals surface area contributed by atoms with Gasteiger partial charge in [0, 0.05) is 25.8 Å². The lowest BCUT2D eigenvalue weighted by Gasteiger charge is -2.32. The third-order valence-corrected chi connectivity index (χ3v) is 6.32. The molecule has 172 valence electrons. The van der Waals surface area contributed by atoms with Gasteiger partial charge < -0.3 is 14.6 Å². The molecule has 0 bridgehead atoms. The molecule has 1 atom stereocenters. The van der Waals surface area contributed by atoms with Crippen LogP contribution in [-0.2, 0) is 4.79 Å². The number of halogens is 1. The van der Waals surface area contributed by atoms with E-state index in [9.17, 15) is 9.59 Å². The Kier molecular flexibility index (Phi) is 7.04. The second kappa shape index (κ2) is 10.1. The summed E-state index contributed by atoms with van der Waals surface area (Å²) >= 11 is 6.53. The van der Waals surface area contributed by atoms with Gasteiger partial charge in [0.25, 0.3) is 5.91 Å². The van der Waals surface area contributed by atoms with E-state index in [-0.39, 0.29) is 17.7 Å². The molecule has 0 unspecified atom stereocenters. The summed E-state index contributed by atoms with van der Waals surface area (Å²) in [6, 6.07) is 17.1. The number of hydrogen-bond donors (Lipinski definition) is 1. The average Bonchev–Trinajstić information content (AvgIpc) is 3.52. The largest absolute Gasteiger partial charge is 0.459 e. The summed E-state index contributed by atoms with van der Waals surface area (Å²) in [6.07, 6.45) is 5.50. The number of benzene rings is 2. The lowest BCUT2D eigenvalue weighted by Crippen LogP contribution is -2.46. The highest BCUT2D eigenvalue weighted by molar-refractivity contribution is 6.34. The van der Waals surface area contributed by atoms with Gasteiger partial charge in [-0.1, -0.05) is 48.7 Å². The summed E-state index contributed by atoms with van der Waals surface area (Å²) in [5.41, 5.74) is 2.13. The molecular formula is C26H28ClN3O3. The highest BCUT2D eigenvalue weighted by Gasteiger charge is 2.36. The van der Waals surface area contributed by atoms with Crippen molar-refractivity contribution in [2.75, 3.05) is 23.9 Å². The van der Waals surface area contributed by atoms with Gasteiger partial charge in [0.05, 0.1) is 17.0 Å². The van der Waals surface area contributed by atoms with E-state index in [0.717, 1.165) is 31.4 Å². The monoisotopic (exact) mass is 465 g/mol. The molecule has 2 aromatic carbocycles. The van der Waals surface area contributed by atoms with Crippen molar-refractivity contribution >= 4 is 34.8 Å². The summed E-state index contributed by atoms with van der Waals surface area (Å²) in [7, 11) is 3.91. The van der Waals surface area contributed by atoms with Crippen molar-refractivity contribution in [1.29, 1.82) is 0 Å². The number of rotatable bonds is 7. The van der Waals surface area contributed by atoms with Gasteiger partial charge in [0.1, 0.15) is 6.04 Å². The van der Waals surface area contributed by atoms with Crippen LogP contribution in [0.3, 0.4) is 0 Å². The Morgan fingerprint density at radius 3 is 2.30 bits per heavy atom. The first-order valence-corrected chi connectivity index (χ1v) is 11.5. The quantitative estimate of drug-likeness (QED) is 0.504. The highest BCUT2D eigenvalue weighted by atomic mass is 35.5. The fraction of sp³-hybridized carbons (Fsp3) is 0.308. The van der Waals surface area contributed by atoms with Crippen LogP contribution in [0.4, 0.5) is 11.4 Å². The Labute approximate surface area is 199 Å². The molecule has 1 aliphatic rings. The molecule has 4 rings (SSSR count). The minimum absolute atomic E-state index is 0.104. The van der Waals surface area contributed by atoms with E-state index in [4.69, 9.17) is 16.0 Å². The van der Waals surface area contributed by atoms with Gasteiger partial charge in [-0.25, -0.2) is 0 Å². The Hall–Kier alpha value is -3.25. The maximum Gasteiger partial charge on any atom is 0.295 e. The van der Waals surface area contributed by atoms with Crippen LogP contribution in [0.2, 0.25) is 5.02 Å². The normalized spacial score (nSPS) is 14.6. The smallest absolute Gasteiger partial charge is 0.295 e. The molecule has 1 heterocycles. The Bertz CT molecular complexity index is 1090. The molecule has 2 amide bonds. The van der Waals surface area contributed by atoms with Gasteiger partial charge in [-0.3, -0.25) is 14.5 Å². The minimum atomic E-state index is -0.917. The second-order valence-electron chi connectivity index (χ2n) is 8.48. The van der Waals surface area contributed by atoms with Crippen molar-refractivity contribution in [3.05, 3.63) is 83.3 Å². The number of amides is 2. The third kappa shape index (κ3) is 5.06. The average molecular weight is 466 g/mol. The first-order valence-electron chi connectivity index (χ1n) is 11.1. The van der Waals surface area contributed by atoms with E-state index >= 15 is 0 Å². The van der Waals surface area contributed by atoms with E-state index in [1.807, 2.05) is 43.3 Å². The van der Waals surface area contributed by atoms with Crippen LogP contribution >= 0.6 is 11.6 Å². The molecule has 7 heteroatoms. The molecule has 1 saturated carbocycles. The molecule has 33 heavy (non-hydrogen) atoms. The maximum absolute atomic E-state index is 13.7. The van der Waals surface area contributed by atoms with Crippen LogP contribution in [-0.4, -0.2) is 32.0 Å². The molecule has 0 radical (unpaired) electrons.